The smallest absolute Gasteiger partial charge is 0.285 e. The molecule has 0 bridgehead atoms. The molecule has 0 radical (unpaired) electrons. The molecule has 0 saturated carbocycles. The maximum Gasteiger partial charge on any atom is 0.285 e. The van der Waals surface area contributed by atoms with Crippen LogP contribution in [-0.2, 0) is 0 Å². The van der Waals surface area contributed by atoms with E-state index in [0.717, 1.165) is 5.75 Å². The highest BCUT2D eigenvalue weighted by molar-refractivity contribution is 5.91. The molecule has 3 N–H and O–H groups in total. The summed E-state index contributed by atoms with van der Waals surface area (Å²) in [7, 11) is 1.59. The number of nitrogens with one attached hydrogen (secondary N) is 1. The first kappa shape index (κ1) is 12.8. The van der Waals surface area contributed by atoms with Crippen LogP contribution in [0.4, 0.5) is 0 Å². The van der Waals surface area contributed by atoms with E-state index < -0.39 is 5.91 Å². The number of ether oxygens (including phenoxy) is 2. The number of carbonyl (C=O) groups is 1. The number of benzene rings is 1. The lowest BCUT2D eigenvalue weighted by Crippen LogP contribution is -2.30. The van der Waals surface area contributed by atoms with Crippen molar-refractivity contribution >= 4 is 5.91 Å². The molecule has 1 heterocycles. The molecule has 1 aromatic heterocycles. The van der Waals surface area contributed by atoms with Gasteiger partial charge in [0.05, 0.1) is 19.5 Å². The van der Waals surface area contributed by atoms with Gasteiger partial charge in [-0.1, -0.05) is 0 Å². The van der Waals surface area contributed by atoms with Crippen LogP contribution in [0.5, 0.6) is 17.4 Å². The molecule has 0 fully saturated rings. The number of hydrogen-bond donors (Lipinski definition) is 2. The Morgan fingerprint density at radius 2 is 1.84 bits per heavy atom. The number of nitrogen functional groups attached to an aromatic ring is 1. The number of nitrogens with two attached hydrogens (primary N) is 1. The molecule has 7 nitrogen and oxygen atoms in total. The van der Waals surface area contributed by atoms with Crippen molar-refractivity contribution < 1.29 is 14.3 Å². The third kappa shape index (κ3) is 3.17. The Kier molecular flexibility index (Phi) is 3.89. The van der Waals surface area contributed by atoms with Crippen molar-refractivity contribution in [2.75, 3.05) is 7.11 Å². The van der Waals surface area contributed by atoms with Gasteiger partial charge >= 0.3 is 0 Å². The van der Waals surface area contributed by atoms with Gasteiger partial charge in [0.2, 0.25) is 5.88 Å². The zero-order chi connectivity index (χ0) is 13.7. The average Bonchev–Trinajstić information content (AvgIpc) is 2.48. The van der Waals surface area contributed by atoms with Gasteiger partial charge in [0.1, 0.15) is 17.2 Å². The molecule has 0 saturated heterocycles. The van der Waals surface area contributed by atoms with Crippen molar-refractivity contribution in [1.29, 1.82) is 0 Å². The molecule has 0 aliphatic heterocycles. The summed E-state index contributed by atoms with van der Waals surface area (Å²) in [6, 6.07) is 7.00. The van der Waals surface area contributed by atoms with Gasteiger partial charge < -0.3 is 9.47 Å². The lowest BCUT2D eigenvalue weighted by atomic mass is 10.3. The molecule has 7 heteroatoms. The molecule has 1 aromatic carbocycles. The molecule has 98 valence electrons. The minimum absolute atomic E-state index is 0.115. The van der Waals surface area contributed by atoms with Crippen LogP contribution in [0.1, 0.15) is 10.5 Å². The van der Waals surface area contributed by atoms with E-state index in [1.807, 2.05) is 5.43 Å². The molecule has 0 aliphatic carbocycles. The van der Waals surface area contributed by atoms with Gasteiger partial charge in [0.25, 0.3) is 5.91 Å². The highest BCUT2D eigenvalue weighted by Crippen LogP contribution is 2.21. The summed E-state index contributed by atoms with van der Waals surface area (Å²) in [5.74, 6) is 6.07. The number of nitrogens with zero attached hydrogens (tertiary/aromatic N) is 2. The molecule has 2 rings (SSSR count). The fourth-order valence-electron chi connectivity index (χ4n) is 1.32. The summed E-state index contributed by atoms with van der Waals surface area (Å²) in [4.78, 5) is 19.0. The highest BCUT2D eigenvalue weighted by atomic mass is 16.5. The van der Waals surface area contributed by atoms with Crippen LogP contribution >= 0.6 is 0 Å². The Balaban J connectivity index is 2.08. The first-order valence-electron chi connectivity index (χ1n) is 5.38. The fourth-order valence-corrected chi connectivity index (χ4v) is 1.32. The molecule has 0 spiro atoms. The van der Waals surface area contributed by atoms with Crippen molar-refractivity contribution in [2.45, 2.75) is 0 Å². The van der Waals surface area contributed by atoms with Crippen LogP contribution < -0.4 is 20.7 Å². The normalized spacial score (nSPS) is 9.79. The third-order valence-corrected chi connectivity index (χ3v) is 2.27. The maximum absolute atomic E-state index is 11.2. The zero-order valence-corrected chi connectivity index (χ0v) is 10.2. The summed E-state index contributed by atoms with van der Waals surface area (Å²) >= 11 is 0. The van der Waals surface area contributed by atoms with E-state index in [-0.39, 0.29) is 11.6 Å². The summed E-state index contributed by atoms with van der Waals surface area (Å²) in [6.45, 7) is 0. The first-order valence-corrected chi connectivity index (χ1v) is 5.38. The number of hydrazine groups is 1. The summed E-state index contributed by atoms with van der Waals surface area (Å²) < 4.78 is 10.5. The van der Waals surface area contributed by atoms with E-state index in [1.165, 1.54) is 12.4 Å². The van der Waals surface area contributed by atoms with Crippen molar-refractivity contribution in [3.63, 3.8) is 0 Å². The lowest BCUT2D eigenvalue weighted by Gasteiger charge is -2.05. The van der Waals surface area contributed by atoms with Crippen molar-refractivity contribution in [3.8, 4) is 17.4 Å². The van der Waals surface area contributed by atoms with E-state index >= 15 is 0 Å². The van der Waals surface area contributed by atoms with E-state index in [1.54, 1.807) is 31.4 Å². The third-order valence-electron chi connectivity index (χ3n) is 2.27. The van der Waals surface area contributed by atoms with E-state index in [4.69, 9.17) is 15.3 Å². The number of amides is 1. The van der Waals surface area contributed by atoms with Crippen LogP contribution in [0.25, 0.3) is 0 Å². The van der Waals surface area contributed by atoms with Crippen LogP contribution in [-0.4, -0.2) is 23.0 Å². The second-order valence-corrected chi connectivity index (χ2v) is 3.49. The van der Waals surface area contributed by atoms with Gasteiger partial charge in [-0.3, -0.25) is 10.2 Å². The summed E-state index contributed by atoms with van der Waals surface area (Å²) in [5.41, 5.74) is 2.08. The van der Waals surface area contributed by atoms with Crippen LogP contribution in [0, 0.1) is 0 Å². The van der Waals surface area contributed by atoms with E-state index in [9.17, 15) is 4.79 Å². The number of rotatable bonds is 4. The summed E-state index contributed by atoms with van der Waals surface area (Å²) in [5, 5.41) is 0. The predicted octanol–water partition coefficient (Wildman–Crippen LogP) is 0.881. The molecule has 19 heavy (non-hydrogen) atoms. The van der Waals surface area contributed by atoms with Gasteiger partial charge in [0, 0.05) is 0 Å². The predicted molar refractivity (Wildman–Crippen MR) is 66.8 cm³/mol. The number of hydrogen-bond acceptors (Lipinski definition) is 6. The summed E-state index contributed by atoms with van der Waals surface area (Å²) in [6.07, 6.45) is 2.62. The fraction of sp³-hybridized carbons (Fsp3) is 0.0833. The van der Waals surface area contributed by atoms with Gasteiger partial charge in [-0.15, -0.1) is 0 Å². The minimum Gasteiger partial charge on any atom is -0.497 e. The van der Waals surface area contributed by atoms with Crippen molar-refractivity contribution in [1.82, 2.24) is 15.4 Å². The Morgan fingerprint density at radius 3 is 2.37 bits per heavy atom. The van der Waals surface area contributed by atoms with Gasteiger partial charge in [-0.25, -0.2) is 15.8 Å². The van der Waals surface area contributed by atoms with Crippen LogP contribution in [0.3, 0.4) is 0 Å². The van der Waals surface area contributed by atoms with Gasteiger partial charge in [-0.05, 0) is 24.3 Å². The number of carbonyl (C=O) groups excluding carboxylic acids is 1. The molecule has 0 atom stereocenters. The van der Waals surface area contributed by atoms with Crippen molar-refractivity contribution in [2.24, 2.45) is 5.84 Å². The number of aromatic nitrogens is 2. The Bertz CT molecular complexity index is 554. The molecule has 2 aromatic rings. The SMILES string of the molecule is COc1ccc(Oc2cnc(C(=O)NN)cn2)cc1. The molecule has 0 unspecified atom stereocenters. The monoisotopic (exact) mass is 260 g/mol. The zero-order valence-electron chi connectivity index (χ0n) is 10.2. The second kappa shape index (κ2) is 5.78. The maximum atomic E-state index is 11.2. The first-order chi connectivity index (χ1) is 9.22. The Morgan fingerprint density at radius 1 is 1.16 bits per heavy atom. The highest BCUT2D eigenvalue weighted by Gasteiger charge is 2.06. The van der Waals surface area contributed by atoms with Crippen molar-refractivity contribution in [3.05, 3.63) is 42.4 Å². The van der Waals surface area contributed by atoms with Gasteiger partial charge in [0.15, 0.2) is 0 Å². The second-order valence-electron chi connectivity index (χ2n) is 3.49. The average molecular weight is 260 g/mol. The molecular weight excluding hydrogens is 248 g/mol. The van der Waals surface area contributed by atoms with Crippen LogP contribution in [0.2, 0.25) is 0 Å². The quantitative estimate of drug-likeness (QED) is 0.481. The number of methoxy groups -OCH3 is 1. The topological polar surface area (TPSA) is 99.4 Å². The molecule has 1 amide bonds. The van der Waals surface area contributed by atoms with E-state index in [2.05, 4.69) is 9.97 Å². The van der Waals surface area contributed by atoms with Crippen LogP contribution in [0.15, 0.2) is 36.7 Å². The largest absolute Gasteiger partial charge is 0.497 e. The minimum atomic E-state index is -0.511. The molecule has 0 aliphatic rings. The molecular formula is C12H12N4O3. The standard InChI is InChI=1S/C12H12N4O3/c1-18-8-2-4-9(5-3-8)19-11-7-14-10(6-15-11)12(17)16-13/h2-7H,13H2,1H3,(H,16,17). The van der Waals surface area contributed by atoms with E-state index in [0.29, 0.717) is 5.75 Å². The lowest BCUT2D eigenvalue weighted by molar-refractivity contribution is 0.0948. The Labute approximate surface area is 109 Å². The Hall–Kier alpha value is -2.67. The van der Waals surface area contributed by atoms with Gasteiger partial charge in [-0.2, -0.15) is 0 Å².